The Morgan fingerprint density at radius 2 is 1.92 bits per heavy atom. The first-order chi connectivity index (χ1) is 17.8. The molecule has 1 aliphatic carbocycles. The number of esters is 1. The second-order valence-corrected chi connectivity index (χ2v) is 10.4. The van der Waals surface area contributed by atoms with Crippen molar-refractivity contribution in [1.29, 1.82) is 0 Å². The summed E-state index contributed by atoms with van der Waals surface area (Å²) in [6, 6.07) is 8.38. The lowest BCUT2D eigenvalue weighted by Gasteiger charge is -2.26. The molecule has 1 heterocycles. The predicted molar refractivity (Wildman–Crippen MR) is 147 cm³/mol. The molecule has 7 nitrogen and oxygen atoms in total. The second kappa shape index (κ2) is 14.3. The van der Waals surface area contributed by atoms with E-state index in [1.165, 1.54) is 5.57 Å². The van der Waals surface area contributed by atoms with E-state index >= 15 is 0 Å². The minimum Gasteiger partial charge on any atom is -0.465 e. The highest BCUT2D eigenvalue weighted by molar-refractivity contribution is 5.94. The van der Waals surface area contributed by atoms with Crippen molar-refractivity contribution < 1.29 is 19.4 Å². The van der Waals surface area contributed by atoms with E-state index in [-0.39, 0.29) is 30.7 Å². The van der Waals surface area contributed by atoms with Crippen LogP contribution in [0.4, 0.5) is 0 Å². The number of aliphatic hydroxyl groups excluding tert-OH is 1. The van der Waals surface area contributed by atoms with Crippen LogP contribution in [0.1, 0.15) is 64.0 Å². The Kier molecular flexibility index (Phi) is 11.1. The van der Waals surface area contributed by atoms with Crippen molar-refractivity contribution >= 4 is 17.4 Å². The van der Waals surface area contributed by atoms with Crippen LogP contribution in [-0.4, -0.2) is 60.4 Å². The first-order valence-corrected chi connectivity index (χ1v) is 13.6. The number of fused-ring (bicyclic) bond motifs is 1. The number of nitrogens with zero attached hydrogens (tertiary/aromatic N) is 1. The number of aryl methyl sites for hydroxylation is 1. The Bertz CT molecular complexity index is 1010. The van der Waals surface area contributed by atoms with Gasteiger partial charge >= 0.3 is 5.97 Å². The van der Waals surface area contributed by atoms with Crippen LogP contribution in [0, 0.1) is 5.92 Å². The van der Waals surface area contributed by atoms with Gasteiger partial charge in [-0.15, -0.1) is 0 Å². The highest BCUT2D eigenvalue weighted by atomic mass is 16.5. The smallest absolute Gasteiger partial charge is 0.306 e. The average molecular weight is 510 g/mol. The van der Waals surface area contributed by atoms with Crippen LogP contribution in [-0.2, 0) is 20.7 Å². The zero-order valence-corrected chi connectivity index (χ0v) is 22.5. The van der Waals surface area contributed by atoms with Gasteiger partial charge in [0.25, 0.3) is 0 Å². The van der Waals surface area contributed by atoms with Gasteiger partial charge in [-0.25, -0.2) is 0 Å². The minimum atomic E-state index is -0.315. The molecular formula is C30H43N3O4. The molecule has 37 heavy (non-hydrogen) atoms. The molecule has 1 amide bonds. The molecule has 0 fully saturated rings. The zero-order chi connectivity index (χ0) is 26.8. The Hall–Kier alpha value is -2.74. The van der Waals surface area contributed by atoms with Gasteiger partial charge in [-0.1, -0.05) is 57.2 Å². The van der Waals surface area contributed by atoms with Crippen molar-refractivity contribution in [1.82, 2.24) is 10.2 Å². The Balaban J connectivity index is 1.69. The number of amides is 1. The molecule has 1 aliphatic heterocycles. The molecule has 4 N–H and O–H groups in total. The molecule has 202 valence electrons. The number of rotatable bonds is 12. The monoisotopic (exact) mass is 509 g/mol. The number of carbonyl (C=O) groups excluding carboxylic acids is 2. The van der Waals surface area contributed by atoms with Crippen LogP contribution >= 0.6 is 0 Å². The average Bonchev–Trinajstić information content (AvgIpc) is 3.05. The lowest BCUT2D eigenvalue weighted by molar-refractivity contribution is -0.144. The normalized spacial score (nSPS) is 19.4. The van der Waals surface area contributed by atoms with Gasteiger partial charge in [0.1, 0.15) is 0 Å². The zero-order valence-electron chi connectivity index (χ0n) is 22.5. The highest BCUT2D eigenvalue weighted by Crippen LogP contribution is 2.31. The van der Waals surface area contributed by atoms with Crippen molar-refractivity contribution in [3.05, 3.63) is 64.8 Å². The molecule has 7 heteroatoms. The maximum absolute atomic E-state index is 13.3. The van der Waals surface area contributed by atoms with E-state index in [1.54, 1.807) is 0 Å². The van der Waals surface area contributed by atoms with E-state index < -0.39 is 0 Å². The van der Waals surface area contributed by atoms with E-state index in [1.807, 2.05) is 24.8 Å². The third kappa shape index (κ3) is 8.66. The van der Waals surface area contributed by atoms with Gasteiger partial charge in [0, 0.05) is 44.2 Å². The predicted octanol–water partition coefficient (Wildman–Crippen LogP) is 3.73. The summed E-state index contributed by atoms with van der Waals surface area (Å²) in [7, 11) is 0. The molecule has 0 aromatic heterocycles. The van der Waals surface area contributed by atoms with Gasteiger partial charge in [-0.2, -0.15) is 0 Å². The largest absolute Gasteiger partial charge is 0.465 e. The van der Waals surface area contributed by atoms with Crippen LogP contribution < -0.4 is 11.1 Å². The standard InChI is InChI=1S/C30H43N3O4/c1-4-14-33(15-5-16-34)30(36)26-17-25-12-11-24(18-27(25)32-28(31)19-26)23-9-6-22(7-10-23)8-13-29(35)37-20-21(2)3/h6-7,9-12,17,21,27-28,32,34H,4-5,8,13-16,18-20,31H2,1-3H3. The van der Waals surface area contributed by atoms with Crippen molar-refractivity contribution in [3.63, 3.8) is 0 Å². The third-order valence-corrected chi connectivity index (χ3v) is 6.66. The van der Waals surface area contributed by atoms with Gasteiger partial charge in [-0.3, -0.25) is 14.9 Å². The molecule has 2 aliphatic rings. The number of hydrogen-bond acceptors (Lipinski definition) is 6. The highest BCUT2D eigenvalue weighted by Gasteiger charge is 2.28. The number of aliphatic hydroxyl groups is 1. The van der Waals surface area contributed by atoms with Crippen LogP contribution in [0.3, 0.4) is 0 Å². The van der Waals surface area contributed by atoms with Gasteiger partial charge < -0.3 is 20.5 Å². The number of allylic oxidation sites excluding steroid dienone is 2. The van der Waals surface area contributed by atoms with E-state index in [0.717, 1.165) is 29.5 Å². The van der Waals surface area contributed by atoms with Crippen LogP contribution in [0.2, 0.25) is 0 Å². The lowest BCUT2D eigenvalue weighted by atomic mass is 9.88. The van der Waals surface area contributed by atoms with Gasteiger partial charge in [0.15, 0.2) is 0 Å². The van der Waals surface area contributed by atoms with Gasteiger partial charge in [0.05, 0.1) is 12.8 Å². The maximum atomic E-state index is 13.3. The number of carbonyl (C=O) groups is 2. The summed E-state index contributed by atoms with van der Waals surface area (Å²) in [6.07, 6.45) is 9.62. The fourth-order valence-electron chi connectivity index (χ4n) is 4.71. The molecule has 0 saturated heterocycles. The molecule has 1 aromatic carbocycles. The number of nitrogens with one attached hydrogen (secondary N) is 1. The summed E-state index contributed by atoms with van der Waals surface area (Å²) in [4.78, 5) is 27.0. The van der Waals surface area contributed by atoms with Crippen LogP contribution in [0.15, 0.2) is 53.6 Å². The lowest BCUT2D eigenvalue weighted by Crippen LogP contribution is -2.45. The third-order valence-electron chi connectivity index (χ3n) is 6.66. The first-order valence-electron chi connectivity index (χ1n) is 13.6. The van der Waals surface area contributed by atoms with E-state index in [0.29, 0.717) is 56.9 Å². The number of nitrogens with two attached hydrogens (primary N) is 1. The minimum absolute atomic E-state index is 0.00699. The van der Waals surface area contributed by atoms with Crippen LogP contribution in [0.25, 0.3) is 5.57 Å². The molecule has 2 unspecified atom stereocenters. The summed E-state index contributed by atoms with van der Waals surface area (Å²) >= 11 is 0. The molecule has 0 radical (unpaired) electrons. The van der Waals surface area contributed by atoms with Crippen LogP contribution in [0.5, 0.6) is 0 Å². The SMILES string of the molecule is CCCN(CCCO)C(=O)C1=CC2=CC=C(c3ccc(CCC(=O)OCC(C)C)cc3)CC2NC(N)C1. The van der Waals surface area contributed by atoms with Crippen molar-refractivity contribution in [2.75, 3.05) is 26.3 Å². The van der Waals surface area contributed by atoms with E-state index in [9.17, 15) is 14.7 Å². The quantitative estimate of drug-likeness (QED) is 0.371. The first kappa shape index (κ1) is 28.8. The van der Waals surface area contributed by atoms with E-state index in [2.05, 4.69) is 48.7 Å². The second-order valence-electron chi connectivity index (χ2n) is 10.4. The summed E-state index contributed by atoms with van der Waals surface area (Å²) in [6.45, 7) is 7.85. The molecule has 2 atom stereocenters. The summed E-state index contributed by atoms with van der Waals surface area (Å²) < 4.78 is 5.27. The number of hydrogen-bond donors (Lipinski definition) is 3. The summed E-state index contributed by atoms with van der Waals surface area (Å²) in [5.41, 5.74) is 11.6. The maximum Gasteiger partial charge on any atom is 0.306 e. The molecule has 0 spiro atoms. The molecule has 3 rings (SSSR count). The Labute approximate surface area is 221 Å². The van der Waals surface area contributed by atoms with E-state index in [4.69, 9.17) is 10.5 Å². The molecule has 0 saturated carbocycles. The Morgan fingerprint density at radius 3 is 2.59 bits per heavy atom. The number of ether oxygens (including phenoxy) is 1. The summed E-state index contributed by atoms with van der Waals surface area (Å²) in [5, 5.41) is 12.7. The molecule has 1 aromatic rings. The molecule has 0 bridgehead atoms. The van der Waals surface area contributed by atoms with Crippen molar-refractivity contribution in [2.24, 2.45) is 11.7 Å². The summed E-state index contributed by atoms with van der Waals surface area (Å²) in [5.74, 6) is 0.195. The topological polar surface area (TPSA) is 105 Å². The fraction of sp³-hybridized carbons (Fsp3) is 0.533. The van der Waals surface area contributed by atoms with Gasteiger partial charge in [0.2, 0.25) is 5.91 Å². The fourth-order valence-corrected chi connectivity index (χ4v) is 4.71. The van der Waals surface area contributed by atoms with Gasteiger partial charge in [-0.05, 0) is 60.0 Å². The Morgan fingerprint density at radius 1 is 1.16 bits per heavy atom. The van der Waals surface area contributed by atoms with Crippen molar-refractivity contribution in [3.8, 4) is 0 Å². The number of benzene rings is 1. The van der Waals surface area contributed by atoms with Crippen molar-refractivity contribution in [2.45, 2.75) is 71.5 Å². The molecular weight excluding hydrogens is 466 g/mol.